The van der Waals surface area contributed by atoms with Crippen LogP contribution >= 0.6 is 38.5 Å². The predicted molar refractivity (Wildman–Crippen MR) is 151 cm³/mol. The number of rotatable bonds is 8. The zero-order valence-electron chi connectivity index (χ0n) is 20.5. The molecule has 3 aromatic rings. The Labute approximate surface area is 223 Å². The summed E-state index contributed by atoms with van der Waals surface area (Å²) in [5.74, 6) is 2.10. The van der Waals surface area contributed by atoms with Gasteiger partial charge in [0.15, 0.2) is 11.5 Å². The molecule has 0 amide bonds. The molecule has 0 N–H and O–H groups in total. The smallest absolute Gasteiger partial charge is 0.282 e. The maximum Gasteiger partial charge on any atom is 0.282 e. The molecule has 0 bridgehead atoms. The topological polar surface area (TPSA) is 65.7 Å². The minimum Gasteiger partial charge on any atom is -0.490 e. The van der Waals surface area contributed by atoms with Gasteiger partial charge >= 0.3 is 0 Å². The summed E-state index contributed by atoms with van der Waals surface area (Å²) in [5, 5.41) is 5.11. The number of hydrogen-bond acceptors (Lipinski definition) is 5. The Morgan fingerprint density at radius 3 is 2.59 bits per heavy atom. The molecule has 182 valence electrons. The van der Waals surface area contributed by atoms with Crippen molar-refractivity contribution >= 4 is 55.6 Å². The van der Waals surface area contributed by atoms with Crippen molar-refractivity contribution in [1.29, 1.82) is 0 Å². The van der Waals surface area contributed by atoms with E-state index in [0.29, 0.717) is 35.7 Å². The fourth-order valence-corrected chi connectivity index (χ4v) is 4.40. The van der Waals surface area contributed by atoms with Gasteiger partial charge in [-0.3, -0.25) is 4.79 Å². The van der Waals surface area contributed by atoms with Gasteiger partial charge in [0.2, 0.25) is 0 Å². The molecule has 0 saturated heterocycles. The number of fused-ring (bicyclic) bond motifs is 1. The Morgan fingerprint density at radius 1 is 1.21 bits per heavy atom. The highest BCUT2D eigenvalue weighted by atomic mass is 127. The SMILES string of the molecule is CCOc1cc(C=Nn2c([C@@H](C)CC)nc3ccc(Br)cc3c2=O)cc(I)c1OCC(C)(C)C. The lowest BCUT2D eigenvalue weighted by Gasteiger charge is -2.21. The van der Waals surface area contributed by atoms with E-state index in [-0.39, 0.29) is 16.9 Å². The summed E-state index contributed by atoms with van der Waals surface area (Å²) in [5.41, 5.74) is 1.32. The van der Waals surface area contributed by atoms with Crippen LogP contribution in [0.25, 0.3) is 10.9 Å². The van der Waals surface area contributed by atoms with Crippen LogP contribution in [0.15, 0.2) is 44.7 Å². The Kier molecular flexibility index (Phi) is 8.78. The summed E-state index contributed by atoms with van der Waals surface area (Å²) in [6.45, 7) is 13.5. The van der Waals surface area contributed by atoms with Gasteiger partial charge in [0.1, 0.15) is 5.82 Å². The zero-order chi connectivity index (χ0) is 25.0. The molecule has 0 unspecified atom stereocenters. The van der Waals surface area contributed by atoms with Gasteiger partial charge in [-0.15, -0.1) is 0 Å². The van der Waals surface area contributed by atoms with E-state index in [1.165, 1.54) is 4.68 Å². The van der Waals surface area contributed by atoms with Gasteiger partial charge in [-0.1, -0.05) is 50.5 Å². The standard InChI is InChI=1S/C26H31BrIN3O3/c1-7-16(3)24-30-21-10-9-18(27)13-19(21)25(32)31(24)29-14-17-11-20(28)23(22(12-17)33-8-2)34-15-26(4,5)6/h9-14,16H,7-8,15H2,1-6H3/t16-/m0/s1. The van der Waals surface area contributed by atoms with E-state index < -0.39 is 0 Å². The van der Waals surface area contributed by atoms with Crippen molar-refractivity contribution in [3.63, 3.8) is 0 Å². The van der Waals surface area contributed by atoms with Crippen LogP contribution in [-0.2, 0) is 0 Å². The molecule has 2 aromatic carbocycles. The van der Waals surface area contributed by atoms with Crippen molar-refractivity contribution < 1.29 is 9.47 Å². The van der Waals surface area contributed by atoms with E-state index >= 15 is 0 Å². The van der Waals surface area contributed by atoms with Crippen molar-refractivity contribution in [2.45, 2.75) is 53.9 Å². The van der Waals surface area contributed by atoms with Crippen molar-refractivity contribution in [1.82, 2.24) is 9.66 Å². The summed E-state index contributed by atoms with van der Waals surface area (Å²) in [6.07, 6.45) is 2.52. The summed E-state index contributed by atoms with van der Waals surface area (Å²) in [4.78, 5) is 18.1. The first-order valence-corrected chi connectivity index (χ1v) is 13.3. The summed E-state index contributed by atoms with van der Waals surface area (Å²) in [7, 11) is 0. The molecule has 1 aromatic heterocycles. The molecular formula is C26H31BrIN3O3. The lowest BCUT2D eigenvalue weighted by Crippen LogP contribution is -2.23. The molecule has 34 heavy (non-hydrogen) atoms. The molecule has 1 atom stereocenters. The molecule has 6 nitrogen and oxygen atoms in total. The fourth-order valence-electron chi connectivity index (χ4n) is 3.26. The third kappa shape index (κ3) is 6.38. The van der Waals surface area contributed by atoms with Gasteiger partial charge in [-0.05, 0) is 77.2 Å². The van der Waals surface area contributed by atoms with E-state index in [9.17, 15) is 4.79 Å². The Morgan fingerprint density at radius 2 is 1.94 bits per heavy atom. The molecule has 0 spiro atoms. The van der Waals surface area contributed by atoms with E-state index in [4.69, 9.17) is 14.5 Å². The third-order valence-corrected chi connectivity index (χ3v) is 6.48. The van der Waals surface area contributed by atoms with Crippen LogP contribution in [0.3, 0.4) is 0 Å². The minimum atomic E-state index is -0.192. The van der Waals surface area contributed by atoms with Crippen LogP contribution in [0.4, 0.5) is 0 Å². The number of ether oxygens (including phenoxy) is 2. The van der Waals surface area contributed by atoms with Crippen molar-refractivity contribution in [2.75, 3.05) is 13.2 Å². The van der Waals surface area contributed by atoms with Gasteiger partial charge in [0.05, 0.1) is 33.9 Å². The second kappa shape index (κ2) is 11.2. The second-order valence-electron chi connectivity index (χ2n) is 9.41. The largest absolute Gasteiger partial charge is 0.490 e. The van der Waals surface area contributed by atoms with E-state index in [0.717, 1.165) is 25.8 Å². The first kappa shape index (κ1) is 26.7. The number of benzene rings is 2. The van der Waals surface area contributed by atoms with Crippen LogP contribution < -0.4 is 15.0 Å². The Bertz CT molecular complexity index is 1260. The molecule has 0 radical (unpaired) electrons. The number of hydrogen-bond donors (Lipinski definition) is 0. The average Bonchev–Trinajstić information content (AvgIpc) is 2.77. The van der Waals surface area contributed by atoms with E-state index in [1.54, 1.807) is 12.3 Å². The molecule has 3 rings (SSSR count). The number of aromatic nitrogens is 2. The highest BCUT2D eigenvalue weighted by molar-refractivity contribution is 14.1. The molecule has 0 aliphatic rings. The van der Waals surface area contributed by atoms with Crippen LogP contribution in [0, 0.1) is 8.99 Å². The summed E-state index contributed by atoms with van der Waals surface area (Å²) < 4.78 is 15.1. The summed E-state index contributed by atoms with van der Waals surface area (Å²) in [6, 6.07) is 9.40. The third-order valence-electron chi connectivity index (χ3n) is 5.19. The highest BCUT2D eigenvalue weighted by Crippen LogP contribution is 2.35. The average molecular weight is 640 g/mol. The maximum atomic E-state index is 13.4. The molecular weight excluding hydrogens is 609 g/mol. The van der Waals surface area contributed by atoms with Crippen molar-refractivity contribution in [2.24, 2.45) is 10.5 Å². The molecule has 0 aliphatic carbocycles. The fraction of sp³-hybridized carbons (Fsp3) is 0.423. The monoisotopic (exact) mass is 639 g/mol. The van der Waals surface area contributed by atoms with Crippen LogP contribution in [-0.4, -0.2) is 29.1 Å². The Balaban J connectivity index is 2.08. The van der Waals surface area contributed by atoms with Gasteiger partial charge in [0, 0.05) is 10.4 Å². The molecule has 0 aliphatic heterocycles. The van der Waals surface area contributed by atoms with E-state index in [1.807, 2.05) is 31.2 Å². The second-order valence-corrected chi connectivity index (χ2v) is 11.5. The van der Waals surface area contributed by atoms with Gasteiger partial charge < -0.3 is 9.47 Å². The van der Waals surface area contributed by atoms with Gasteiger partial charge in [-0.25, -0.2) is 4.98 Å². The van der Waals surface area contributed by atoms with Crippen molar-refractivity contribution in [3.05, 3.63) is 60.1 Å². The molecule has 8 heteroatoms. The zero-order valence-corrected chi connectivity index (χ0v) is 24.2. The predicted octanol–water partition coefficient (Wildman–Crippen LogP) is 6.98. The van der Waals surface area contributed by atoms with Crippen LogP contribution in [0.2, 0.25) is 0 Å². The lowest BCUT2D eigenvalue weighted by molar-refractivity contribution is 0.187. The molecule has 0 saturated carbocycles. The number of nitrogens with zero attached hydrogens (tertiary/aromatic N) is 3. The van der Waals surface area contributed by atoms with Crippen LogP contribution in [0.5, 0.6) is 11.5 Å². The first-order chi connectivity index (χ1) is 16.0. The normalized spacial score (nSPS) is 12.9. The molecule has 0 fully saturated rings. The minimum absolute atomic E-state index is 0.0261. The lowest BCUT2D eigenvalue weighted by atomic mass is 9.99. The van der Waals surface area contributed by atoms with E-state index in [2.05, 4.69) is 78.2 Å². The van der Waals surface area contributed by atoms with Crippen molar-refractivity contribution in [3.8, 4) is 11.5 Å². The number of halogens is 2. The van der Waals surface area contributed by atoms with Crippen LogP contribution in [0.1, 0.15) is 65.3 Å². The Hall–Kier alpha value is -1.94. The highest BCUT2D eigenvalue weighted by Gasteiger charge is 2.18. The van der Waals surface area contributed by atoms with Gasteiger partial charge in [0.25, 0.3) is 5.56 Å². The maximum absolute atomic E-state index is 13.4. The first-order valence-electron chi connectivity index (χ1n) is 11.4. The summed E-state index contributed by atoms with van der Waals surface area (Å²) >= 11 is 5.70. The molecule has 1 heterocycles. The van der Waals surface area contributed by atoms with Gasteiger partial charge in [-0.2, -0.15) is 9.78 Å². The quantitative estimate of drug-likeness (QED) is 0.197.